The molecule has 168 valence electrons. The van der Waals surface area contributed by atoms with E-state index in [9.17, 15) is 4.79 Å². The number of carbonyl (C=O) groups is 1. The number of carbonyl (C=O) groups excluding carboxylic acids is 1. The van der Waals surface area contributed by atoms with Crippen LogP contribution in [0.4, 0.5) is 0 Å². The molecule has 1 unspecified atom stereocenters. The zero-order valence-electron chi connectivity index (χ0n) is 18.0. The second kappa shape index (κ2) is 7.76. The van der Waals surface area contributed by atoms with Gasteiger partial charge in [0.25, 0.3) is 0 Å². The van der Waals surface area contributed by atoms with Crippen molar-refractivity contribution in [1.82, 2.24) is 4.98 Å². The maximum atomic E-state index is 13.8. The van der Waals surface area contributed by atoms with Gasteiger partial charge in [-0.05, 0) is 29.8 Å². The summed E-state index contributed by atoms with van der Waals surface area (Å²) in [6, 6.07) is 7.81. The van der Waals surface area contributed by atoms with Crippen LogP contribution in [0, 0.1) is 0 Å². The smallest absolute Gasteiger partial charge is 0.353 e. The molecule has 6 rings (SSSR count). The predicted molar refractivity (Wildman–Crippen MR) is 124 cm³/mol. The molecule has 1 atom stereocenters. The number of rotatable bonds is 4. The number of aromatic nitrogens is 1. The summed E-state index contributed by atoms with van der Waals surface area (Å²) in [5.41, 5.74) is 6.33. The van der Waals surface area contributed by atoms with Gasteiger partial charge in [-0.3, -0.25) is 0 Å². The van der Waals surface area contributed by atoms with Crippen molar-refractivity contribution in [2.24, 2.45) is 0 Å². The van der Waals surface area contributed by atoms with Crippen LogP contribution in [-0.2, 0) is 12.8 Å². The second-order valence-corrected chi connectivity index (χ2v) is 9.46. The molecular formula is C24H20ClN2O5S+. The molecule has 9 heteroatoms. The molecule has 1 aromatic heterocycles. The van der Waals surface area contributed by atoms with Gasteiger partial charge in [0.05, 0.1) is 26.5 Å². The van der Waals surface area contributed by atoms with Crippen molar-refractivity contribution in [1.29, 1.82) is 0 Å². The molecule has 33 heavy (non-hydrogen) atoms. The third-order valence-electron chi connectivity index (χ3n) is 6.37. The summed E-state index contributed by atoms with van der Waals surface area (Å²) in [5, 5.41) is 1.95. The summed E-state index contributed by atoms with van der Waals surface area (Å²) < 4.78 is 22.9. The number of hydrogen-bond acceptors (Lipinski definition) is 7. The SMILES string of the molecule is COc1ccc2c(c1OC)C(=O)[NH+]1CCc3cc4c(cc3C1=C2Cc1csc(Cl)n1)OCO4. The number of nitrogens with zero attached hydrogens (tertiary/aromatic N) is 1. The van der Waals surface area contributed by atoms with Crippen molar-refractivity contribution in [3.8, 4) is 23.0 Å². The molecule has 0 saturated carbocycles. The van der Waals surface area contributed by atoms with E-state index in [1.54, 1.807) is 14.2 Å². The number of fused-ring (bicyclic) bond motifs is 5. The Morgan fingerprint density at radius 2 is 1.97 bits per heavy atom. The maximum absolute atomic E-state index is 13.8. The van der Waals surface area contributed by atoms with Gasteiger partial charge < -0.3 is 18.9 Å². The van der Waals surface area contributed by atoms with Gasteiger partial charge in [-0.15, -0.1) is 11.3 Å². The topological polar surface area (TPSA) is 71.3 Å². The first kappa shape index (κ1) is 20.5. The molecule has 1 N–H and O–H groups in total. The van der Waals surface area contributed by atoms with Crippen LogP contribution >= 0.6 is 22.9 Å². The molecule has 0 saturated heterocycles. The summed E-state index contributed by atoms with van der Waals surface area (Å²) in [5.74, 6) is 2.41. The second-order valence-electron chi connectivity index (χ2n) is 8.02. The lowest BCUT2D eigenvalue weighted by Gasteiger charge is -2.33. The Morgan fingerprint density at radius 1 is 1.15 bits per heavy atom. The highest BCUT2D eigenvalue weighted by molar-refractivity contribution is 7.13. The average Bonchev–Trinajstić information content (AvgIpc) is 3.46. The summed E-state index contributed by atoms with van der Waals surface area (Å²) in [6.45, 7) is 0.832. The summed E-state index contributed by atoms with van der Waals surface area (Å²) in [7, 11) is 3.13. The van der Waals surface area contributed by atoms with E-state index in [2.05, 4.69) is 4.98 Å². The number of nitrogens with one attached hydrogen (secondary N) is 1. The lowest BCUT2D eigenvalue weighted by molar-refractivity contribution is -0.735. The van der Waals surface area contributed by atoms with E-state index in [-0.39, 0.29) is 12.7 Å². The Morgan fingerprint density at radius 3 is 2.70 bits per heavy atom. The predicted octanol–water partition coefficient (Wildman–Crippen LogP) is 3.25. The largest absolute Gasteiger partial charge is 0.493 e. The molecular weight excluding hydrogens is 464 g/mol. The Labute approximate surface area is 199 Å². The minimum absolute atomic E-state index is 0.0286. The first-order valence-corrected chi connectivity index (χ1v) is 11.8. The molecule has 2 aromatic carbocycles. The zero-order chi connectivity index (χ0) is 22.7. The van der Waals surface area contributed by atoms with E-state index >= 15 is 0 Å². The molecule has 0 spiro atoms. The number of amides is 1. The molecule has 0 fully saturated rings. The van der Waals surface area contributed by atoms with Gasteiger partial charge in [0.15, 0.2) is 33.2 Å². The van der Waals surface area contributed by atoms with Gasteiger partial charge in [-0.2, -0.15) is 0 Å². The fourth-order valence-electron chi connectivity index (χ4n) is 4.96. The molecule has 1 amide bonds. The van der Waals surface area contributed by atoms with Crippen molar-refractivity contribution >= 4 is 40.1 Å². The average molecular weight is 484 g/mol. The first-order chi connectivity index (χ1) is 16.1. The van der Waals surface area contributed by atoms with Gasteiger partial charge in [0.2, 0.25) is 6.79 Å². The summed E-state index contributed by atoms with van der Waals surface area (Å²) in [6.07, 6.45) is 1.28. The summed E-state index contributed by atoms with van der Waals surface area (Å²) >= 11 is 7.53. The monoisotopic (exact) mass is 483 g/mol. The lowest BCUT2D eigenvalue weighted by atomic mass is 9.83. The van der Waals surface area contributed by atoms with Crippen LogP contribution in [0.15, 0.2) is 29.6 Å². The Balaban J connectivity index is 1.64. The Kier molecular flexibility index (Phi) is 4.83. The first-order valence-electron chi connectivity index (χ1n) is 10.5. The molecule has 3 aliphatic rings. The maximum Gasteiger partial charge on any atom is 0.353 e. The van der Waals surface area contributed by atoms with E-state index in [0.29, 0.717) is 40.2 Å². The standard InChI is InChI=1S/C24H19ClN2O5S/c1-29-17-4-3-14-16(8-13-10-33-24(25)26-13)21-15-9-19-18(31-11-32-19)7-12(15)5-6-27(21)23(28)20(14)22(17)30-2/h3-4,7,9-10H,5-6,8,11H2,1-2H3/p+1. The van der Waals surface area contributed by atoms with Gasteiger partial charge >= 0.3 is 5.91 Å². The number of quaternary nitrogens is 1. The minimum atomic E-state index is -0.0286. The molecule has 4 heterocycles. The summed E-state index contributed by atoms with van der Waals surface area (Å²) in [4.78, 5) is 19.1. The number of allylic oxidation sites excluding steroid dienone is 1. The number of benzene rings is 2. The third kappa shape index (κ3) is 3.13. The van der Waals surface area contributed by atoms with Crippen molar-refractivity contribution in [3.63, 3.8) is 0 Å². The number of hydrogen-bond donors (Lipinski definition) is 1. The van der Waals surface area contributed by atoms with Crippen LogP contribution in [0.5, 0.6) is 23.0 Å². The fourth-order valence-corrected chi connectivity index (χ4v) is 5.74. The van der Waals surface area contributed by atoms with Crippen molar-refractivity contribution in [3.05, 3.63) is 62.1 Å². The van der Waals surface area contributed by atoms with E-state index in [1.165, 1.54) is 11.3 Å². The van der Waals surface area contributed by atoms with Crippen LogP contribution in [-0.4, -0.2) is 38.4 Å². The fraction of sp³-hybridized carbons (Fsp3) is 0.250. The van der Waals surface area contributed by atoms with E-state index < -0.39 is 0 Å². The van der Waals surface area contributed by atoms with Gasteiger partial charge in [0, 0.05) is 34.9 Å². The Bertz CT molecular complexity index is 1350. The third-order valence-corrected chi connectivity index (χ3v) is 7.40. The van der Waals surface area contributed by atoms with Crippen LogP contribution in [0.3, 0.4) is 0 Å². The van der Waals surface area contributed by atoms with Crippen LogP contribution < -0.4 is 23.8 Å². The van der Waals surface area contributed by atoms with Crippen LogP contribution in [0.25, 0.3) is 11.3 Å². The highest BCUT2D eigenvalue weighted by Gasteiger charge is 2.44. The molecule has 0 aliphatic carbocycles. The number of thiazole rings is 1. The zero-order valence-corrected chi connectivity index (χ0v) is 19.6. The van der Waals surface area contributed by atoms with Crippen LogP contribution in [0.2, 0.25) is 4.47 Å². The normalized spacial score (nSPS) is 18.0. The minimum Gasteiger partial charge on any atom is -0.493 e. The molecule has 3 aliphatic heterocycles. The highest BCUT2D eigenvalue weighted by Crippen LogP contribution is 2.44. The van der Waals surface area contributed by atoms with Gasteiger partial charge in [-0.25, -0.2) is 14.7 Å². The molecule has 3 aromatic rings. The number of halogens is 1. The van der Waals surface area contributed by atoms with E-state index in [4.69, 9.17) is 30.5 Å². The number of ether oxygens (including phenoxy) is 4. The quantitative estimate of drug-likeness (QED) is 0.614. The van der Waals surface area contributed by atoms with Crippen molar-refractivity contribution in [2.75, 3.05) is 27.6 Å². The van der Waals surface area contributed by atoms with Crippen molar-refractivity contribution < 1.29 is 28.6 Å². The molecule has 0 radical (unpaired) electrons. The highest BCUT2D eigenvalue weighted by atomic mass is 35.5. The van der Waals surface area contributed by atoms with Gasteiger partial charge in [0.1, 0.15) is 5.56 Å². The van der Waals surface area contributed by atoms with Crippen LogP contribution in [0.1, 0.15) is 32.7 Å². The van der Waals surface area contributed by atoms with E-state index in [0.717, 1.165) is 50.7 Å². The van der Waals surface area contributed by atoms with Crippen molar-refractivity contribution in [2.45, 2.75) is 12.8 Å². The number of methoxy groups -OCH3 is 2. The Hall–Kier alpha value is -3.07. The lowest BCUT2D eigenvalue weighted by Crippen LogP contribution is -3.13. The van der Waals surface area contributed by atoms with E-state index in [1.807, 2.05) is 29.6 Å². The van der Waals surface area contributed by atoms with Gasteiger partial charge in [-0.1, -0.05) is 11.6 Å². The molecule has 7 nitrogen and oxygen atoms in total. The molecule has 0 bridgehead atoms.